The van der Waals surface area contributed by atoms with E-state index in [-0.39, 0.29) is 34.9 Å². The van der Waals surface area contributed by atoms with Gasteiger partial charge in [-0.1, -0.05) is 0 Å². The van der Waals surface area contributed by atoms with Crippen molar-refractivity contribution in [2.24, 2.45) is 7.05 Å². The van der Waals surface area contributed by atoms with E-state index in [1.165, 1.54) is 15.7 Å². The molecule has 0 saturated carbocycles. The van der Waals surface area contributed by atoms with Crippen LogP contribution in [0.3, 0.4) is 0 Å². The van der Waals surface area contributed by atoms with E-state index >= 15 is 4.39 Å². The van der Waals surface area contributed by atoms with Crippen LogP contribution < -0.4 is 20.7 Å². The first-order chi connectivity index (χ1) is 23.4. The molecule has 48 heavy (non-hydrogen) atoms. The molecule has 3 aliphatic heterocycles. The zero-order chi connectivity index (χ0) is 32.9. The lowest BCUT2D eigenvalue weighted by molar-refractivity contribution is -0.0660. The Hall–Kier alpha value is -4.88. The minimum absolute atomic E-state index is 0.0374. The Bertz CT molecular complexity index is 1960. The average molecular weight is 653 g/mol. The van der Waals surface area contributed by atoms with Gasteiger partial charge in [0.05, 0.1) is 36.7 Å². The number of carbonyl (C=O) groups is 2. The van der Waals surface area contributed by atoms with Gasteiger partial charge >= 0.3 is 0 Å². The van der Waals surface area contributed by atoms with Crippen molar-refractivity contribution in [3.63, 3.8) is 0 Å². The van der Waals surface area contributed by atoms with Gasteiger partial charge in [-0.25, -0.2) is 14.4 Å². The largest absolute Gasteiger partial charge is 0.378 e. The number of aromatic nitrogens is 4. The molecule has 1 amide bonds. The Labute approximate surface area is 276 Å². The first kappa shape index (κ1) is 30.5. The van der Waals surface area contributed by atoms with Crippen LogP contribution in [0.5, 0.6) is 0 Å². The molecule has 12 nitrogen and oxygen atoms in total. The lowest BCUT2D eigenvalue weighted by Gasteiger charge is -2.43. The normalized spacial score (nSPS) is 18.3. The van der Waals surface area contributed by atoms with Crippen molar-refractivity contribution in [1.29, 1.82) is 0 Å². The van der Waals surface area contributed by atoms with E-state index in [4.69, 9.17) is 4.74 Å². The summed E-state index contributed by atoms with van der Waals surface area (Å²) in [6, 6.07) is 7.73. The van der Waals surface area contributed by atoms with Gasteiger partial charge in [-0.3, -0.25) is 24.2 Å². The second kappa shape index (κ2) is 12.3. The molecule has 1 aliphatic carbocycles. The first-order valence-electron chi connectivity index (χ1n) is 16.6. The third-order valence-electron chi connectivity index (χ3n) is 10.2. The minimum atomic E-state index is -0.506. The van der Waals surface area contributed by atoms with Crippen LogP contribution in [0, 0.1) is 5.82 Å². The maximum atomic E-state index is 15.5. The van der Waals surface area contributed by atoms with Gasteiger partial charge in [0.15, 0.2) is 12.1 Å². The Morgan fingerprint density at radius 1 is 1.00 bits per heavy atom. The summed E-state index contributed by atoms with van der Waals surface area (Å²) in [6.45, 7) is 6.10. The molecule has 1 N–H and O–H groups in total. The number of rotatable bonds is 7. The summed E-state index contributed by atoms with van der Waals surface area (Å²) in [5.41, 5.74) is 3.87. The molecule has 7 heterocycles. The third-order valence-corrected chi connectivity index (χ3v) is 10.2. The molecule has 0 unspecified atom stereocenters. The van der Waals surface area contributed by atoms with Gasteiger partial charge in [-0.05, 0) is 55.5 Å². The van der Waals surface area contributed by atoms with Crippen LogP contribution in [0.15, 0.2) is 47.7 Å². The van der Waals surface area contributed by atoms with Crippen LogP contribution in [0.2, 0.25) is 0 Å². The quantitative estimate of drug-likeness (QED) is 0.300. The van der Waals surface area contributed by atoms with Crippen molar-refractivity contribution in [3.8, 4) is 11.1 Å². The lowest BCUT2D eigenvalue weighted by Crippen LogP contribution is -2.56. The topological polar surface area (TPSA) is 118 Å². The molecule has 0 aromatic carbocycles. The second-order valence-electron chi connectivity index (χ2n) is 12.9. The number of amides is 1. The van der Waals surface area contributed by atoms with Crippen molar-refractivity contribution >= 4 is 35.2 Å². The zero-order valence-electron chi connectivity index (χ0n) is 26.8. The van der Waals surface area contributed by atoms with Gasteiger partial charge in [0, 0.05) is 75.5 Å². The number of hydrogen-bond donors (Lipinski definition) is 1. The SMILES string of the molecule is Cn1cc(-c2ccnc(N3CCn4c5c(c(F)c4C3=O)CCCC5)c2C=O)cc(Nc2ccc(N3CCN(C4COC4)CC3)cn2)c1=O. The first-order valence-corrected chi connectivity index (χ1v) is 16.6. The van der Waals surface area contributed by atoms with E-state index in [9.17, 15) is 14.4 Å². The number of ether oxygens (including phenoxy) is 1. The van der Waals surface area contributed by atoms with Crippen LogP contribution in [0.25, 0.3) is 11.1 Å². The van der Waals surface area contributed by atoms with E-state index in [2.05, 4.69) is 25.1 Å². The van der Waals surface area contributed by atoms with Gasteiger partial charge in [0.25, 0.3) is 11.5 Å². The number of hydrogen-bond acceptors (Lipinski definition) is 9. The summed E-state index contributed by atoms with van der Waals surface area (Å²) in [5.74, 6) is -0.288. The highest BCUT2D eigenvalue weighted by molar-refractivity contribution is 6.09. The summed E-state index contributed by atoms with van der Waals surface area (Å²) in [4.78, 5) is 54.8. The molecule has 4 aromatic heterocycles. The summed E-state index contributed by atoms with van der Waals surface area (Å²) in [6.07, 6.45) is 8.89. The number of aldehydes is 1. The predicted octanol–water partition coefficient (Wildman–Crippen LogP) is 3.40. The Balaban J connectivity index is 1.05. The molecule has 248 valence electrons. The van der Waals surface area contributed by atoms with E-state index in [1.807, 2.05) is 22.9 Å². The minimum Gasteiger partial charge on any atom is -0.378 e. The summed E-state index contributed by atoms with van der Waals surface area (Å²) < 4.78 is 24.1. The van der Waals surface area contributed by atoms with Gasteiger partial charge in [-0.15, -0.1) is 0 Å². The number of nitrogens with zero attached hydrogens (tertiary/aromatic N) is 7. The number of pyridine rings is 3. The monoisotopic (exact) mass is 652 g/mol. The van der Waals surface area contributed by atoms with E-state index < -0.39 is 11.7 Å². The Kier molecular flexibility index (Phi) is 7.80. The molecule has 4 aliphatic rings. The standard InChI is InChI=1S/C35H37FN8O4/c1-40-18-22(16-28(34(40)46)39-30-7-6-23(17-38-30)41-10-12-42(13-11-41)24-20-48-21-24)25-8-9-37-33(27(25)19-45)44-15-14-43-29-5-3-2-4-26(29)31(36)32(43)35(44)47/h6-9,16-19,24H,2-5,10-15,20-21H2,1H3,(H,38,39). The lowest BCUT2D eigenvalue weighted by atomic mass is 9.97. The molecular formula is C35H37FN8O4. The zero-order valence-corrected chi connectivity index (χ0v) is 26.8. The molecule has 0 radical (unpaired) electrons. The van der Waals surface area contributed by atoms with Crippen LogP contribution in [-0.2, 0) is 31.2 Å². The van der Waals surface area contributed by atoms with Crippen molar-refractivity contribution in [3.05, 3.63) is 81.5 Å². The van der Waals surface area contributed by atoms with Gasteiger partial charge in [0.1, 0.15) is 23.0 Å². The molecule has 2 saturated heterocycles. The van der Waals surface area contributed by atoms with Gasteiger partial charge < -0.3 is 24.1 Å². The van der Waals surface area contributed by atoms with Crippen LogP contribution in [0.1, 0.15) is 44.9 Å². The maximum Gasteiger partial charge on any atom is 0.279 e. The van der Waals surface area contributed by atoms with Gasteiger partial charge in [-0.2, -0.15) is 0 Å². The predicted molar refractivity (Wildman–Crippen MR) is 179 cm³/mol. The molecule has 0 bridgehead atoms. The summed E-state index contributed by atoms with van der Waals surface area (Å²) in [7, 11) is 1.64. The average Bonchev–Trinajstić information content (AvgIpc) is 3.38. The van der Waals surface area contributed by atoms with Crippen LogP contribution in [-0.4, -0.2) is 88.2 Å². The Morgan fingerprint density at radius 3 is 2.54 bits per heavy atom. The van der Waals surface area contributed by atoms with Crippen LogP contribution >= 0.6 is 0 Å². The van der Waals surface area contributed by atoms with E-state index in [0.717, 1.165) is 70.0 Å². The molecule has 13 heteroatoms. The number of nitrogens with one attached hydrogen (secondary N) is 1. The number of fused-ring (bicyclic) bond motifs is 3. The molecule has 8 rings (SSSR count). The number of aryl methyl sites for hydroxylation is 1. The maximum absolute atomic E-state index is 15.5. The van der Waals surface area contributed by atoms with Crippen molar-refractivity contribution in [1.82, 2.24) is 24.0 Å². The highest BCUT2D eigenvalue weighted by Crippen LogP contribution is 2.35. The fraction of sp³-hybridized carbons (Fsp3) is 0.400. The Morgan fingerprint density at radius 2 is 1.81 bits per heavy atom. The smallest absolute Gasteiger partial charge is 0.279 e. The second-order valence-corrected chi connectivity index (χ2v) is 12.9. The van der Waals surface area contributed by atoms with Crippen molar-refractivity contribution in [2.75, 3.05) is 61.1 Å². The van der Waals surface area contributed by atoms with Gasteiger partial charge in [0.2, 0.25) is 0 Å². The van der Waals surface area contributed by atoms with Crippen molar-refractivity contribution in [2.45, 2.75) is 38.3 Å². The molecule has 4 aromatic rings. The fourth-order valence-electron chi connectivity index (χ4n) is 7.47. The summed E-state index contributed by atoms with van der Waals surface area (Å²) in [5, 5.41) is 3.16. The number of carbonyl (C=O) groups excluding carboxylic acids is 2. The number of piperazine rings is 1. The summed E-state index contributed by atoms with van der Waals surface area (Å²) >= 11 is 0. The number of halogens is 1. The third kappa shape index (κ3) is 5.17. The fourth-order valence-corrected chi connectivity index (χ4v) is 7.47. The van der Waals surface area contributed by atoms with Crippen molar-refractivity contribution < 1.29 is 18.7 Å². The van der Waals surface area contributed by atoms with Crippen LogP contribution in [0.4, 0.5) is 27.4 Å². The molecule has 0 atom stereocenters. The number of anilines is 4. The van der Waals surface area contributed by atoms with E-state index in [0.29, 0.717) is 47.8 Å². The highest BCUT2D eigenvalue weighted by Gasteiger charge is 2.36. The molecule has 0 spiro atoms. The molecular weight excluding hydrogens is 615 g/mol. The highest BCUT2D eigenvalue weighted by atomic mass is 19.1. The van der Waals surface area contributed by atoms with E-state index in [1.54, 1.807) is 25.4 Å². The molecule has 2 fully saturated rings.